The van der Waals surface area contributed by atoms with Crippen LogP contribution in [0.4, 0.5) is 0 Å². The van der Waals surface area contributed by atoms with E-state index in [0.29, 0.717) is 31.0 Å². The molecule has 30 heavy (non-hydrogen) atoms. The molecule has 1 saturated heterocycles. The molecule has 0 saturated carbocycles. The number of aliphatic hydroxyl groups is 1. The van der Waals surface area contributed by atoms with Gasteiger partial charge in [0.05, 0.1) is 11.2 Å². The van der Waals surface area contributed by atoms with Crippen molar-refractivity contribution >= 4 is 28.8 Å². The van der Waals surface area contributed by atoms with E-state index in [1.54, 1.807) is 34.5 Å². The molecule has 9 heteroatoms. The molecule has 1 fully saturated rings. The summed E-state index contributed by atoms with van der Waals surface area (Å²) in [5.74, 6) is 0.0121. The van der Waals surface area contributed by atoms with Crippen molar-refractivity contribution in [1.82, 2.24) is 25.1 Å². The summed E-state index contributed by atoms with van der Waals surface area (Å²) in [5.41, 5.74) is 1.80. The molecule has 156 valence electrons. The van der Waals surface area contributed by atoms with Crippen LogP contribution in [0, 0.1) is 0 Å². The molecule has 3 aromatic rings. The number of aryl methyl sites for hydroxylation is 1. The average molecular weight is 444 g/mol. The summed E-state index contributed by atoms with van der Waals surface area (Å²) < 4.78 is 1.60. The van der Waals surface area contributed by atoms with Gasteiger partial charge in [-0.05, 0) is 72.2 Å². The lowest BCUT2D eigenvalue weighted by atomic mass is 9.84. The van der Waals surface area contributed by atoms with Crippen LogP contribution in [0.5, 0.6) is 0 Å². The zero-order chi connectivity index (χ0) is 20.7. The summed E-state index contributed by atoms with van der Waals surface area (Å²) in [6.45, 7) is 0.995. The van der Waals surface area contributed by atoms with Gasteiger partial charge in [0.1, 0.15) is 11.3 Å². The van der Waals surface area contributed by atoms with Crippen LogP contribution in [0.15, 0.2) is 30.6 Å². The number of carbonyl (C=O) groups excluding carboxylic acids is 1. The van der Waals surface area contributed by atoms with Crippen molar-refractivity contribution in [2.75, 3.05) is 13.1 Å². The lowest BCUT2D eigenvalue weighted by Crippen LogP contribution is -2.45. The fourth-order valence-electron chi connectivity index (χ4n) is 4.47. The quantitative estimate of drug-likeness (QED) is 0.670. The first-order chi connectivity index (χ1) is 14.5. The van der Waals surface area contributed by atoms with Gasteiger partial charge in [-0.1, -0.05) is 23.7 Å². The van der Waals surface area contributed by atoms with Gasteiger partial charge in [-0.2, -0.15) is 4.68 Å². The second-order valence-electron chi connectivity index (χ2n) is 7.98. The molecule has 1 aliphatic heterocycles. The second kappa shape index (κ2) is 7.76. The van der Waals surface area contributed by atoms with Gasteiger partial charge < -0.3 is 10.0 Å². The van der Waals surface area contributed by atoms with E-state index in [9.17, 15) is 9.90 Å². The maximum atomic E-state index is 13.6. The lowest BCUT2D eigenvalue weighted by molar-refractivity contribution is -0.0211. The highest BCUT2D eigenvalue weighted by molar-refractivity contribution is 7.15. The number of hydrogen-bond acceptors (Lipinski definition) is 6. The Labute approximate surface area is 183 Å². The van der Waals surface area contributed by atoms with Gasteiger partial charge in [-0.25, -0.2) is 0 Å². The maximum absolute atomic E-state index is 13.6. The zero-order valence-electron chi connectivity index (χ0n) is 16.4. The molecule has 7 nitrogen and oxygen atoms in total. The Morgan fingerprint density at radius 3 is 2.57 bits per heavy atom. The lowest BCUT2D eigenvalue weighted by Gasteiger charge is -2.38. The Morgan fingerprint density at radius 2 is 1.87 bits per heavy atom. The predicted molar refractivity (Wildman–Crippen MR) is 114 cm³/mol. The van der Waals surface area contributed by atoms with Crippen molar-refractivity contribution in [3.05, 3.63) is 57.2 Å². The van der Waals surface area contributed by atoms with Crippen molar-refractivity contribution in [1.29, 1.82) is 0 Å². The highest BCUT2D eigenvalue weighted by atomic mass is 35.5. The molecular weight excluding hydrogens is 422 g/mol. The summed E-state index contributed by atoms with van der Waals surface area (Å²) in [6, 6.07) is 7.32. The first-order valence-electron chi connectivity index (χ1n) is 10.2. The minimum absolute atomic E-state index is 0.0121. The number of amides is 1. The number of halogens is 1. The number of nitrogens with zero attached hydrogens (tertiary/aromatic N) is 5. The van der Waals surface area contributed by atoms with Crippen molar-refractivity contribution in [3.63, 3.8) is 0 Å². The monoisotopic (exact) mass is 443 g/mol. The summed E-state index contributed by atoms with van der Waals surface area (Å²) in [5, 5.41) is 24.1. The minimum atomic E-state index is -0.936. The van der Waals surface area contributed by atoms with Crippen LogP contribution in [0.3, 0.4) is 0 Å². The fourth-order valence-corrected chi connectivity index (χ4v) is 5.90. The maximum Gasteiger partial charge on any atom is 0.257 e. The van der Waals surface area contributed by atoms with Gasteiger partial charge in [-0.15, -0.1) is 16.4 Å². The molecule has 5 rings (SSSR count). The molecule has 2 aromatic heterocycles. The van der Waals surface area contributed by atoms with E-state index in [0.717, 1.165) is 47.4 Å². The SMILES string of the molecule is O=C(c1c(-n2cnnn2)sc2c1CCCC2)N1CCC(O)(c2ccc(Cl)cc2)CC1. The smallest absolute Gasteiger partial charge is 0.257 e. The first-order valence-corrected chi connectivity index (χ1v) is 11.4. The van der Waals surface area contributed by atoms with Gasteiger partial charge in [0, 0.05) is 23.0 Å². The van der Waals surface area contributed by atoms with Gasteiger partial charge >= 0.3 is 0 Å². The van der Waals surface area contributed by atoms with Crippen LogP contribution in [-0.2, 0) is 18.4 Å². The molecule has 0 radical (unpaired) electrons. The van der Waals surface area contributed by atoms with Crippen LogP contribution >= 0.6 is 22.9 Å². The number of fused-ring (bicyclic) bond motifs is 1. The standard InChI is InChI=1S/C21H22ClN5O2S/c22-15-7-5-14(6-8-15)21(29)9-11-26(12-10-21)19(28)18-16-3-1-2-4-17(16)30-20(18)27-13-23-24-25-27/h5-8,13,29H,1-4,9-12H2. The van der Waals surface area contributed by atoms with Crippen molar-refractivity contribution in [3.8, 4) is 5.00 Å². The van der Waals surface area contributed by atoms with Crippen LogP contribution in [0.2, 0.25) is 5.02 Å². The fraction of sp³-hybridized carbons (Fsp3) is 0.429. The van der Waals surface area contributed by atoms with E-state index in [1.165, 1.54) is 4.88 Å². The second-order valence-corrected chi connectivity index (χ2v) is 9.50. The number of hydrogen-bond donors (Lipinski definition) is 1. The van der Waals surface area contributed by atoms with Crippen molar-refractivity contribution in [2.24, 2.45) is 0 Å². The molecule has 0 bridgehead atoms. The normalized spacial score (nSPS) is 18.3. The molecular formula is C21H22ClN5O2S. The molecule has 0 atom stereocenters. The topological polar surface area (TPSA) is 84.1 Å². The number of carbonyl (C=O) groups is 1. The van der Waals surface area contributed by atoms with E-state index in [1.807, 2.05) is 17.0 Å². The van der Waals surface area contributed by atoms with E-state index in [-0.39, 0.29) is 5.91 Å². The van der Waals surface area contributed by atoms with Crippen LogP contribution in [0.25, 0.3) is 5.00 Å². The number of rotatable bonds is 3. The number of thiophene rings is 1. The molecule has 2 aliphatic rings. The summed E-state index contributed by atoms with van der Waals surface area (Å²) in [7, 11) is 0. The third kappa shape index (κ3) is 3.42. The Kier molecular flexibility index (Phi) is 5.08. The molecule has 1 aromatic carbocycles. The van der Waals surface area contributed by atoms with Crippen molar-refractivity contribution in [2.45, 2.75) is 44.1 Å². The highest BCUT2D eigenvalue weighted by Gasteiger charge is 2.37. The number of tetrazole rings is 1. The predicted octanol–water partition coefficient (Wildman–Crippen LogP) is 3.38. The van der Waals surface area contributed by atoms with Gasteiger partial charge in [0.15, 0.2) is 0 Å². The highest BCUT2D eigenvalue weighted by Crippen LogP contribution is 2.39. The van der Waals surface area contributed by atoms with Gasteiger partial charge in [0.25, 0.3) is 5.91 Å². The van der Waals surface area contributed by atoms with Gasteiger partial charge in [0.2, 0.25) is 0 Å². The number of piperidine rings is 1. The van der Waals surface area contributed by atoms with Crippen LogP contribution in [0.1, 0.15) is 52.0 Å². The third-order valence-corrected chi connectivity index (χ3v) is 7.72. The largest absolute Gasteiger partial charge is 0.385 e. The van der Waals surface area contributed by atoms with E-state index < -0.39 is 5.60 Å². The minimum Gasteiger partial charge on any atom is -0.385 e. The van der Waals surface area contributed by atoms with E-state index >= 15 is 0 Å². The zero-order valence-corrected chi connectivity index (χ0v) is 18.0. The molecule has 3 heterocycles. The Morgan fingerprint density at radius 1 is 1.13 bits per heavy atom. The number of benzene rings is 1. The molecule has 1 N–H and O–H groups in total. The average Bonchev–Trinajstić information content (AvgIpc) is 3.42. The summed E-state index contributed by atoms with van der Waals surface area (Å²) in [6.07, 6.45) is 6.68. The number of likely N-dealkylation sites (tertiary alicyclic amines) is 1. The Hall–Kier alpha value is -2.29. The Bertz CT molecular complexity index is 1060. The first kappa shape index (κ1) is 19.7. The van der Waals surface area contributed by atoms with Gasteiger partial charge in [-0.3, -0.25) is 4.79 Å². The van der Waals surface area contributed by atoms with E-state index in [4.69, 9.17) is 11.6 Å². The Balaban J connectivity index is 1.41. The van der Waals surface area contributed by atoms with Crippen LogP contribution in [-0.4, -0.2) is 49.2 Å². The number of aromatic nitrogens is 4. The summed E-state index contributed by atoms with van der Waals surface area (Å²) >= 11 is 7.60. The molecule has 1 aliphatic carbocycles. The van der Waals surface area contributed by atoms with E-state index in [2.05, 4.69) is 15.5 Å². The van der Waals surface area contributed by atoms with Crippen molar-refractivity contribution < 1.29 is 9.90 Å². The molecule has 1 amide bonds. The third-order valence-electron chi connectivity index (χ3n) is 6.18. The molecule has 0 spiro atoms. The molecule has 0 unspecified atom stereocenters. The van der Waals surface area contributed by atoms with Crippen LogP contribution < -0.4 is 0 Å². The summed E-state index contributed by atoms with van der Waals surface area (Å²) in [4.78, 5) is 16.7.